The highest BCUT2D eigenvalue weighted by atomic mass is 16.1. The number of hydrogen-bond acceptors (Lipinski definition) is 1. The molecular weight excluding hydrogens is 460 g/mol. The van der Waals surface area contributed by atoms with Crippen LogP contribution in [0.2, 0.25) is 0 Å². The lowest BCUT2D eigenvalue weighted by Gasteiger charge is -2.16. The Balaban J connectivity index is 2.15. The summed E-state index contributed by atoms with van der Waals surface area (Å²) in [4.78, 5) is 13.1. The van der Waals surface area contributed by atoms with Crippen LogP contribution in [0.15, 0.2) is 30.3 Å². The summed E-state index contributed by atoms with van der Waals surface area (Å²) >= 11 is 0. The Hall–Kier alpha value is -1.11. The lowest BCUT2D eigenvalue weighted by molar-refractivity contribution is -0.123. The number of Topliss-reactive ketones (excluding diaryl/α,β-unsaturated/α-hetero) is 1. The number of aryl methyl sites for hydroxylation is 1. The minimum Gasteiger partial charge on any atom is -0.299 e. The van der Waals surface area contributed by atoms with Gasteiger partial charge in [-0.1, -0.05) is 185 Å². The van der Waals surface area contributed by atoms with E-state index in [0.717, 1.165) is 32.1 Å². The zero-order valence-corrected chi connectivity index (χ0v) is 26.0. The van der Waals surface area contributed by atoms with Crippen LogP contribution in [-0.2, 0) is 11.2 Å². The predicted octanol–water partition coefficient (Wildman–Crippen LogP) is 12.6. The van der Waals surface area contributed by atoms with E-state index in [1.54, 1.807) is 0 Å². The fourth-order valence-corrected chi connectivity index (χ4v) is 5.85. The molecule has 0 aliphatic rings. The van der Waals surface area contributed by atoms with Crippen LogP contribution in [-0.4, -0.2) is 5.78 Å². The third kappa shape index (κ3) is 21.8. The first-order valence-electron chi connectivity index (χ1n) is 17.3. The number of ketones is 1. The summed E-state index contributed by atoms with van der Waals surface area (Å²) in [5.41, 5.74) is 1.38. The van der Waals surface area contributed by atoms with Crippen LogP contribution in [0.1, 0.15) is 186 Å². The molecule has 0 saturated heterocycles. The molecule has 1 nitrogen and oxygen atoms in total. The van der Waals surface area contributed by atoms with Crippen molar-refractivity contribution in [3.8, 4) is 0 Å². The number of unbranched alkanes of at least 4 members (excludes halogenated alkanes) is 21. The summed E-state index contributed by atoms with van der Waals surface area (Å²) in [5.74, 6) is 0.833. The summed E-state index contributed by atoms with van der Waals surface area (Å²) in [6.07, 6.45) is 35.5. The van der Waals surface area contributed by atoms with E-state index in [0.29, 0.717) is 5.78 Å². The molecule has 0 bridgehead atoms. The van der Waals surface area contributed by atoms with E-state index < -0.39 is 0 Å². The molecule has 0 aliphatic carbocycles. The largest absolute Gasteiger partial charge is 0.299 e. The Morgan fingerprint density at radius 3 is 1.34 bits per heavy atom. The number of hydrogen-bond donors (Lipinski definition) is 0. The summed E-state index contributed by atoms with van der Waals surface area (Å²) in [5, 5.41) is 0. The molecule has 0 saturated carbocycles. The van der Waals surface area contributed by atoms with Crippen molar-refractivity contribution in [2.24, 2.45) is 5.92 Å². The first-order chi connectivity index (χ1) is 18.8. The van der Waals surface area contributed by atoms with Gasteiger partial charge in [-0.15, -0.1) is 0 Å². The van der Waals surface area contributed by atoms with Crippen LogP contribution in [0.5, 0.6) is 0 Å². The summed E-state index contributed by atoms with van der Waals surface area (Å²) in [7, 11) is 0. The molecule has 0 spiro atoms. The van der Waals surface area contributed by atoms with Crippen molar-refractivity contribution in [2.45, 2.75) is 187 Å². The summed E-state index contributed by atoms with van der Waals surface area (Å²) in [6, 6.07) is 10.8. The van der Waals surface area contributed by atoms with Gasteiger partial charge in [0.2, 0.25) is 0 Å². The van der Waals surface area contributed by atoms with E-state index in [-0.39, 0.29) is 5.92 Å². The fourth-order valence-electron chi connectivity index (χ4n) is 5.85. The van der Waals surface area contributed by atoms with Crippen molar-refractivity contribution < 1.29 is 4.79 Å². The molecule has 0 aromatic heterocycles. The highest BCUT2D eigenvalue weighted by molar-refractivity contribution is 5.80. The molecule has 1 atom stereocenters. The second-order valence-electron chi connectivity index (χ2n) is 12.2. The van der Waals surface area contributed by atoms with Crippen molar-refractivity contribution in [1.29, 1.82) is 0 Å². The quantitative estimate of drug-likeness (QED) is 0.0948. The van der Waals surface area contributed by atoms with Crippen LogP contribution in [0.25, 0.3) is 0 Å². The Kier molecular flexibility index (Phi) is 25.2. The van der Waals surface area contributed by atoms with Crippen LogP contribution in [0.4, 0.5) is 0 Å². The van der Waals surface area contributed by atoms with Crippen LogP contribution >= 0.6 is 0 Å². The highest BCUT2D eigenvalue weighted by Gasteiger charge is 2.17. The van der Waals surface area contributed by atoms with E-state index in [9.17, 15) is 4.79 Å². The van der Waals surface area contributed by atoms with Crippen molar-refractivity contribution in [1.82, 2.24) is 0 Å². The maximum Gasteiger partial charge on any atom is 0.135 e. The molecule has 1 heteroatoms. The van der Waals surface area contributed by atoms with Crippen LogP contribution in [0, 0.1) is 5.92 Å². The zero-order chi connectivity index (χ0) is 27.4. The second kappa shape index (κ2) is 27.5. The van der Waals surface area contributed by atoms with Crippen molar-refractivity contribution in [2.75, 3.05) is 0 Å². The Morgan fingerprint density at radius 2 is 0.895 bits per heavy atom. The van der Waals surface area contributed by atoms with E-state index in [4.69, 9.17) is 0 Å². The number of benzene rings is 1. The summed E-state index contributed by atoms with van der Waals surface area (Å²) < 4.78 is 0. The Bertz CT molecular complexity index is 606. The molecule has 0 aliphatic heterocycles. The number of rotatable bonds is 29. The molecule has 1 aromatic rings. The van der Waals surface area contributed by atoms with Gasteiger partial charge in [-0.05, 0) is 31.2 Å². The van der Waals surface area contributed by atoms with Crippen LogP contribution in [0.3, 0.4) is 0 Å². The topological polar surface area (TPSA) is 17.1 Å². The first kappa shape index (κ1) is 34.9. The molecule has 0 N–H and O–H groups in total. The van der Waals surface area contributed by atoms with Gasteiger partial charge in [-0.25, -0.2) is 0 Å². The first-order valence-corrected chi connectivity index (χ1v) is 17.3. The maximum absolute atomic E-state index is 13.1. The molecule has 0 heterocycles. The molecule has 1 aromatic carbocycles. The van der Waals surface area contributed by atoms with Crippen LogP contribution < -0.4 is 0 Å². The minimum absolute atomic E-state index is 0.279. The molecule has 38 heavy (non-hydrogen) atoms. The molecule has 0 fully saturated rings. The third-order valence-corrected chi connectivity index (χ3v) is 8.51. The maximum atomic E-state index is 13.1. The van der Waals surface area contributed by atoms with Crippen molar-refractivity contribution in [3.63, 3.8) is 0 Å². The van der Waals surface area contributed by atoms with Gasteiger partial charge >= 0.3 is 0 Å². The standard InChI is InChI=1S/C37H66O/c1-3-5-7-9-11-13-14-15-16-17-19-20-22-27-31-36(34-33-35-29-25-24-26-30-35)37(38)32-28-23-21-18-12-10-8-6-4-2/h24-26,29-30,36H,3-23,27-28,31-34H2,1-2H3. The van der Waals surface area contributed by atoms with Gasteiger partial charge in [0.05, 0.1) is 0 Å². The van der Waals surface area contributed by atoms with Gasteiger partial charge in [0.15, 0.2) is 0 Å². The minimum atomic E-state index is 0.279. The normalized spacial score (nSPS) is 12.2. The SMILES string of the molecule is CCCCCCCCCCCCCCCCC(CCc1ccccc1)C(=O)CCCCCCCCCCC. The Labute approximate surface area is 239 Å². The predicted molar refractivity (Wildman–Crippen MR) is 170 cm³/mol. The third-order valence-electron chi connectivity index (χ3n) is 8.51. The number of carbonyl (C=O) groups is 1. The second-order valence-corrected chi connectivity index (χ2v) is 12.2. The van der Waals surface area contributed by atoms with Gasteiger partial charge in [-0.2, -0.15) is 0 Å². The van der Waals surface area contributed by atoms with Gasteiger partial charge in [-0.3, -0.25) is 4.79 Å². The van der Waals surface area contributed by atoms with Crippen molar-refractivity contribution in [3.05, 3.63) is 35.9 Å². The lowest BCUT2D eigenvalue weighted by atomic mass is 9.88. The average molecular weight is 527 g/mol. The molecular formula is C37H66O. The smallest absolute Gasteiger partial charge is 0.135 e. The average Bonchev–Trinajstić information content (AvgIpc) is 2.94. The van der Waals surface area contributed by atoms with Gasteiger partial charge < -0.3 is 0 Å². The summed E-state index contributed by atoms with van der Waals surface area (Å²) in [6.45, 7) is 4.58. The molecule has 0 radical (unpaired) electrons. The molecule has 0 amide bonds. The van der Waals surface area contributed by atoms with Gasteiger partial charge in [0.25, 0.3) is 0 Å². The Morgan fingerprint density at radius 1 is 0.500 bits per heavy atom. The van der Waals surface area contributed by atoms with Gasteiger partial charge in [0.1, 0.15) is 5.78 Å². The molecule has 1 unspecified atom stereocenters. The van der Waals surface area contributed by atoms with E-state index in [1.165, 1.54) is 147 Å². The van der Waals surface area contributed by atoms with E-state index >= 15 is 0 Å². The zero-order valence-electron chi connectivity index (χ0n) is 26.0. The van der Waals surface area contributed by atoms with Gasteiger partial charge in [0, 0.05) is 12.3 Å². The number of carbonyl (C=O) groups excluding carboxylic acids is 1. The molecule has 220 valence electrons. The fraction of sp³-hybridized carbons (Fsp3) is 0.811. The highest BCUT2D eigenvalue weighted by Crippen LogP contribution is 2.22. The monoisotopic (exact) mass is 527 g/mol. The van der Waals surface area contributed by atoms with Crippen molar-refractivity contribution >= 4 is 5.78 Å². The molecule has 1 rings (SSSR count). The van der Waals surface area contributed by atoms with E-state index in [2.05, 4.69) is 44.2 Å². The lowest BCUT2D eigenvalue weighted by Crippen LogP contribution is -2.15. The van der Waals surface area contributed by atoms with E-state index in [1.807, 2.05) is 0 Å².